The number of β-amino-alcohol motifs (C(OH)–C–C–N with tert-alkyl or cyclic N) is 1. The Morgan fingerprint density at radius 3 is 2.12 bits per heavy atom. The van der Waals surface area contributed by atoms with E-state index in [9.17, 15) is 29.5 Å². The van der Waals surface area contributed by atoms with E-state index in [1.165, 1.54) is 4.90 Å². The molecular formula is C57H76ClN11O6S. The first-order chi connectivity index (χ1) is 36.0. The number of hydrogen-bond donors (Lipinski definition) is 4. The van der Waals surface area contributed by atoms with Gasteiger partial charge in [-0.05, 0) is 74.2 Å². The lowest BCUT2D eigenvalue weighted by Crippen LogP contribution is -2.74. The molecular weight excluding hydrogens is 1000 g/mol. The molecule has 17 nitrogen and oxygen atoms in total. The molecule has 4 fully saturated rings. The number of anilines is 1. The molecule has 19 heteroatoms. The predicted octanol–water partition coefficient (Wildman–Crippen LogP) is 6.15. The summed E-state index contributed by atoms with van der Waals surface area (Å²) in [6.07, 6.45) is 1.76. The highest BCUT2D eigenvalue weighted by atomic mass is 35.5. The summed E-state index contributed by atoms with van der Waals surface area (Å²) in [6.45, 7) is 26.8. The van der Waals surface area contributed by atoms with Crippen molar-refractivity contribution in [1.29, 1.82) is 5.26 Å². The molecule has 5 heterocycles. The average molecular weight is 1080 g/mol. The molecule has 2 aromatic carbocycles. The van der Waals surface area contributed by atoms with Crippen molar-refractivity contribution in [3.63, 3.8) is 0 Å². The number of carbonyl (C=O) groups excluding carboxylic acids is 4. The van der Waals surface area contributed by atoms with Crippen LogP contribution in [0, 0.1) is 34.5 Å². The number of nitrogens with zero attached hydrogens (tertiary/aromatic N) is 8. The minimum Gasteiger partial charge on any atom is -0.489 e. The second kappa shape index (κ2) is 23.5. The van der Waals surface area contributed by atoms with E-state index < -0.39 is 23.6 Å². The van der Waals surface area contributed by atoms with Gasteiger partial charge in [0.2, 0.25) is 17.7 Å². The van der Waals surface area contributed by atoms with Gasteiger partial charge < -0.3 is 40.5 Å². The van der Waals surface area contributed by atoms with Crippen molar-refractivity contribution in [2.45, 2.75) is 112 Å². The highest BCUT2D eigenvalue weighted by molar-refractivity contribution is 7.13. The van der Waals surface area contributed by atoms with Gasteiger partial charge in [0.05, 0.1) is 50.9 Å². The van der Waals surface area contributed by atoms with Crippen LogP contribution in [-0.2, 0) is 14.4 Å². The summed E-state index contributed by atoms with van der Waals surface area (Å²) in [6, 6.07) is 16.7. The van der Waals surface area contributed by atoms with E-state index in [1.54, 1.807) is 35.7 Å². The van der Waals surface area contributed by atoms with Crippen molar-refractivity contribution in [2.75, 3.05) is 83.4 Å². The molecule has 76 heavy (non-hydrogen) atoms. The van der Waals surface area contributed by atoms with Gasteiger partial charge in [0, 0.05) is 94.5 Å². The summed E-state index contributed by atoms with van der Waals surface area (Å²) in [4.78, 5) is 76.1. The predicted molar refractivity (Wildman–Crippen MR) is 296 cm³/mol. The van der Waals surface area contributed by atoms with Crippen molar-refractivity contribution in [2.24, 2.45) is 16.2 Å². The van der Waals surface area contributed by atoms with Gasteiger partial charge in [0.15, 0.2) is 0 Å². The van der Waals surface area contributed by atoms with E-state index in [0.29, 0.717) is 21.9 Å². The maximum atomic E-state index is 14.3. The number of thiazole rings is 1. The number of nitriles is 1. The third kappa shape index (κ3) is 12.8. The first-order valence-corrected chi connectivity index (χ1v) is 27.9. The molecule has 4 aliphatic rings. The zero-order valence-electron chi connectivity index (χ0n) is 45.6. The fourth-order valence-corrected chi connectivity index (χ4v) is 12.9. The summed E-state index contributed by atoms with van der Waals surface area (Å²) in [7, 11) is 0. The van der Waals surface area contributed by atoms with Crippen molar-refractivity contribution in [3.05, 3.63) is 93.7 Å². The molecule has 4 aromatic rings. The number of nitrogens with one attached hydrogen (secondary N) is 3. The molecule has 408 valence electrons. The normalized spacial score (nSPS) is 22.7. The third-order valence-corrected chi connectivity index (χ3v) is 17.3. The largest absolute Gasteiger partial charge is 0.489 e. The lowest BCUT2D eigenvalue weighted by atomic mass is 9.49. The van der Waals surface area contributed by atoms with Crippen molar-refractivity contribution in [1.82, 2.24) is 45.5 Å². The van der Waals surface area contributed by atoms with Gasteiger partial charge in [-0.3, -0.25) is 29.0 Å². The van der Waals surface area contributed by atoms with Crippen molar-refractivity contribution in [3.8, 4) is 22.3 Å². The third-order valence-electron chi connectivity index (χ3n) is 16.0. The molecule has 0 spiro atoms. The van der Waals surface area contributed by atoms with Crippen molar-refractivity contribution >= 4 is 52.4 Å². The number of rotatable bonds is 17. The highest BCUT2D eigenvalue weighted by Crippen LogP contribution is 2.55. The number of pyridine rings is 1. The minimum absolute atomic E-state index is 0.0171. The first kappa shape index (κ1) is 56.5. The molecule has 0 bridgehead atoms. The van der Waals surface area contributed by atoms with Gasteiger partial charge in [0.1, 0.15) is 35.8 Å². The molecule has 4 N–H and O–H groups in total. The van der Waals surface area contributed by atoms with E-state index in [4.69, 9.17) is 21.3 Å². The van der Waals surface area contributed by atoms with E-state index in [1.807, 2.05) is 76.5 Å². The maximum absolute atomic E-state index is 14.3. The molecule has 1 saturated carbocycles. The number of aliphatic hydroxyl groups excluding tert-OH is 1. The molecule has 2 aromatic heterocycles. The molecule has 8 rings (SSSR count). The molecule has 0 radical (unpaired) electrons. The Morgan fingerprint density at radius 1 is 0.895 bits per heavy atom. The van der Waals surface area contributed by atoms with Gasteiger partial charge in [-0.25, -0.2) is 9.97 Å². The van der Waals surface area contributed by atoms with Crippen LogP contribution < -0.4 is 25.6 Å². The number of hydrogen-bond acceptors (Lipinski definition) is 14. The second-order valence-electron chi connectivity index (χ2n) is 23.4. The quantitative estimate of drug-likeness (QED) is 0.0940. The number of carbonyl (C=O) groups is 4. The first-order valence-electron chi connectivity index (χ1n) is 26.7. The molecule has 3 saturated heterocycles. The van der Waals surface area contributed by atoms with Crippen LogP contribution in [0.2, 0.25) is 5.02 Å². The lowest BCUT2D eigenvalue weighted by Gasteiger charge is -2.63. The molecule has 3 aliphatic heterocycles. The summed E-state index contributed by atoms with van der Waals surface area (Å²) < 4.78 is 6.39. The fraction of sp³-hybridized carbons (Fsp3) is 0.561. The van der Waals surface area contributed by atoms with Crippen molar-refractivity contribution < 1.29 is 29.0 Å². The van der Waals surface area contributed by atoms with Crippen LogP contribution in [0.3, 0.4) is 0 Å². The Bertz CT molecular complexity index is 2730. The zero-order valence-corrected chi connectivity index (χ0v) is 47.1. The van der Waals surface area contributed by atoms with Crippen LogP contribution in [0.5, 0.6) is 5.75 Å². The van der Waals surface area contributed by atoms with Gasteiger partial charge in [-0.1, -0.05) is 84.3 Å². The smallest absolute Gasteiger partial charge is 0.253 e. The molecule has 1 aliphatic carbocycles. The number of benzene rings is 2. The molecule has 4 amide bonds. The fourth-order valence-electron chi connectivity index (χ4n) is 11.8. The summed E-state index contributed by atoms with van der Waals surface area (Å²) in [5, 5.41) is 29.7. The number of amides is 4. The number of likely N-dealkylation sites (tertiary alicyclic amines) is 1. The second-order valence-corrected chi connectivity index (χ2v) is 24.6. The Morgan fingerprint density at radius 2 is 1.54 bits per heavy atom. The van der Waals surface area contributed by atoms with Crippen LogP contribution in [0.25, 0.3) is 10.4 Å². The van der Waals surface area contributed by atoms with Gasteiger partial charge in [-0.15, -0.1) is 11.3 Å². The summed E-state index contributed by atoms with van der Waals surface area (Å²) >= 11 is 7.85. The molecule has 0 unspecified atom stereocenters. The van der Waals surface area contributed by atoms with Gasteiger partial charge in [0.25, 0.3) is 5.91 Å². The van der Waals surface area contributed by atoms with Crippen LogP contribution in [0.15, 0.2) is 66.3 Å². The number of aliphatic hydroxyl groups is 1. The Hall–Kier alpha value is -5.68. The number of ether oxygens (including phenoxy) is 1. The van der Waals surface area contributed by atoms with E-state index in [2.05, 4.69) is 74.3 Å². The number of aryl methyl sites for hydroxylation is 1. The average Bonchev–Trinajstić information content (AvgIpc) is 4.04. The Labute approximate surface area is 457 Å². The van der Waals surface area contributed by atoms with Gasteiger partial charge in [-0.2, -0.15) is 5.26 Å². The van der Waals surface area contributed by atoms with Crippen LogP contribution in [-0.4, -0.2) is 167 Å². The SMILES string of the molecule is Cc1ncsc1-c1ccc([C@H](C)NC(=O)[C@@H]2C[C@@H](O)CN2C(=O)[C@@H](NC(=O)CN2CCN(CCCN3CCN(c4ccc(C(=O)N[C@H]5C(C)(C)[C@H](Oc6ccc(C#N)c(Cl)c6)C5(C)C)cn4)CC3)CC2)C(C)(C)C)cc1. The van der Waals surface area contributed by atoms with Crippen LogP contribution in [0.4, 0.5) is 5.82 Å². The standard InChI is InChI=1S/C57H76ClN11O6S/c1-36(38-11-13-39(14-12-38)48-37(2)61-35-76-48)62-51(73)45-29-42(70)33-69(45)52(74)49(55(3,4)5)63-47(71)34-67-23-21-65(22-24-67)19-10-20-66-25-27-68(28-26-66)46-18-16-41(32-60-46)50(72)64-53-56(6,7)54(57(53,8)9)75-43-17-15-40(31-59)44(58)30-43/h11-18,30,32,35-36,42,45,49,53-54,70H,10,19-29,33-34H2,1-9H3,(H,62,73)(H,63,71)(H,64,72)/t36-,42+,45-,49+,53-,54-/m0/s1. The zero-order chi connectivity index (χ0) is 54.7. The van der Waals surface area contributed by atoms with E-state index >= 15 is 0 Å². The minimum atomic E-state index is -0.890. The Kier molecular flexibility index (Phi) is 17.5. The Balaban J connectivity index is 0.728. The topological polar surface area (TPSA) is 200 Å². The van der Waals surface area contributed by atoms with E-state index in [0.717, 1.165) is 99.4 Å². The number of piperazine rings is 2. The number of aromatic nitrogens is 2. The monoisotopic (exact) mass is 1080 g/mol. The maximum Gasteiger partial charge on any atom is 0.253 e. The van der Waals surface area contributed by atoms with E-state index in [-0.39, 0.29) is 72.2 Å². The summed E-state index contributed by atoms with van der Waals surface area (Å²) in [5.74, 6) is 0.317. The summed E-state index contributed by atoms with van der Waals surface area (Å²) in [5.41, 5.74) is 4.27. The number of halogens is 1. The lowest BCUT2D eigenvalue weighted by molar-refractivity contribution is -0.164. The highest BCUT2D eigenvalue weighted by Gasteiger charge is 2.64. The van der Waals surface area contributed by atoms with Crippen LogP contribution in [0.1, 0.15) is 101 Å². The molecule has 4 atom stereocenters. The van der Waals surface area contributed by atoms with Gasteiger partial charge >= 0.3 is 0 Å². The van der Waals surface area contributed by atoms with Crippen LogP contribution >= 0.6 is 22.9 Å².